The van der Waals surface area contributed by atoms with Gasteiger partial charge in [0.15, 0.2) is 0 Å². The molecule has 0 aromatic heterocycles. The summed E-state index contributed by atoms with van der Waals surface area (Å²) in [7, 11) is 1.61. The number of nitrogens with zero attached hydrogens (tertiary/aromatic N) is 1. The van der Waals surface area contributed by atoms with Gasteiger partial charge in [-0.1, -0.05) is 30.3 Å². The van der Waals surface area contributed by atoms with Crippen molar-refractivity contribution in [2.24, 2.45) is 0 Å². The second kappa shape index (κ2) is 9.48. The maximum absolute atomic E-state index is 13.6. The molecule has 0 spiro atoms. The van der Waals surface area contributed by atoms with Gasteiger partial charge in [-0.25, -0.2) is 4.39 Å². The van der Waals surface area contributed by atoms with Crippen molar-refractivity contribution in [3.05, 3.63) is 65.5 Å². The first kappa shape index (κ1) is 19.3. The van der Waals surface area contributed by atoms with E-state index in [1.807, 2.05) is 24.3 Å². The van der Waals surface area contributed by atoms with Gasteiger partial charge in [0.1, 0.15) is 11.6 Å². The number of methoxy groups -OCH3 is 1. The van der Waals surface area contributed by atoms with Crippen LogP contribution in [0.15, 0.2) is 48.5 Å². The highest BCUT2D eigenvalue weighted by molar-refractivity contribution is 5.79. The quantitative estimate of drug-likeness (QED) is 0.749. The van der Waals surface area contributed by atoms with E-state index in [0.717, 1.165) is 11.3 Å². The van der Waals surface area contributed by atoms with Crippen molar-refractivity contribution in [3.8, 4) is 5.75 Å². The molecule has 1 amide bonds. The van der Waals surface area contributed by atoms with Crippen LogP contribution in [0.25, 0.3) is 0 Å². The molecule has 0 radical (unpaired) electrons. The molecule has 1 aliphatic heterocycles. The molecule has 2 aromatic rings. The minimum Gasteiger partial charge on any atom is -0.497 e. The highest BCUT2D eigenvalue weighted by atomic mass is 19.1. The van der Waals surface area contributed by atoms with Gasteiger partial charge in [0, 0.05) is 18.7 Å². The first-order valence-corrected chi connectivity index (χ1v) is 8.99. The third-order valence-corrected chi connectivity index (χ3v) is 4.50. The lowest BCUT2D eigenvalue weighted by molar-refractivity contribution is -0.140. The fraction of sp³-hybridized carbons (Fsp3) is 0.381. The molecule has 0 N–H and O–H groups in total. The van der Waals surface area contributed by atoms with E-state index in [0.29, 0.717) is 38.3 Å². The van der Waals surface area contributed by atoms with Crippen LogP contribution >= 0.6 is 0 Å². The summed E-state index contributed by atoms with van der Waals surface area (Å²) in [6, 6.07) is 14.0. The Kier molecular flexibility index (Phi) is 6.79. The van der Waals surface area contributed by atoms with Gasteiger partial charge < -0.3 is 19.1 Å². The number of amides is 1. The van der Waals surface area contributed by atoms with Crippen molar-refractivity contribution in [2.75, 3.05) is 33.4 Å². The molecule has 3 rings (SSSR count). The zero-order chi connectivity index (χ0) is 19.1. The zero-order valence-corrected chi connectivity index (χ0v) is 15.4. The highest BCUT2D eigenvalue weighted by Gasteiger charge is 2.24. The SMILES string of the molecule is COc1cccc(CC(=O)N2CCOC(COCc3ccccc3F)C2)c1. The van der Waals surface area contributed by atoms with Crippen LogP contribution in [-0.2, 0) is 27.3 Å². The summed E-state index contributed by atoms with van der Waals surface area (Å²) >= 11 is 0. The van der Waals surface area contributed by atoms with Crippen LogP contribution in [0, 0.1) is 5.82 Å². The van der Waals surface area contributed by atoms with Gasteiger partial charge in [0.2, 0.25) is 5.91 Å². The topological polar surface area (TPSA) is 48.0 Å². The molecule has 0 aliphatic carbocycles. The van der Waals surface area contributed by atoms with E-state index in [1.165, 1.54) is 6.07 Å². The van der Waals surface area contributed by atoms with Crippen molar-refractivity contribution in [1.82, 2.24) is 4.90 Å². The van der Waals surface area contributed by atoms with Crippen molar-refractivity contribution in [3.63, 3.8) is 0 Å². The van der Waals surface area contributed by atoms with E-state index in [9.17, 15) is 9.18 Å². The molecule has 1 heterocycles. The lowest BCUT2D eigenvalue weighted by atomic mass is 10.1. The molecular weight excluding hydrogens is 349 g/mol. The van der Waals surface area contributed by atoms with Crippen LogP contribution in [0.3, 0.4) is 0 Å². The van der Waals surface area contributed by atoms with Crippen molar-refractivity contribution < 1.29 is 23.4 Å². The van der Waals surface area contributed by atoms with Crippen LogP contribution < -0.4 is 4.74 Å². The Morgan fingerprint density at radius 1 is 1.26 bits per heavy atom. The summed E-state index contributed by atoms with van der Waals surface area (Å²) in [6.45, 7) is 2.01. The molecular formula is C21H24FNO4. The van der Waals surface area contributed by atoms with Crippen molar-refractivity contribution in [1.29, 1.82) is 0 Å². The number of carbonyl (C=O) groups excluding carboxylic acids is 1. The standard InChI is InChI=1S/C21H24FNO4/c1-25-18-7-4-5-16(11-18)12-21(24)23-9-10-27-19(13-23)15-26-14-17-6-2-3-8-20(17)22/h2-8,11,19H,9-10,12-15H2,1H3. The summed E-state index contributed by atoms with van der Waals surface area (Å²) < 4.78 is 30.1. The Labute approximate surface area is 158 Å². The zero-order valence-electron chi connectivity index (χ0n) is 15.4. The normalized spacial score (nSPS) is 17.0. The van der Waals surface area contributed by atoms with Crippen molar-refractivity contribution >= 4 is 5.91 Å². The van der Waals surface area contributed by atoms with Gasteiger partial charge in [0.25, 0.3) is 0 Å². The number of benzene rings is 2. The molecule has 1 fully saturated rings. The van der Waals surface area contributed by atoms with E-state index in [4.69, 9.17) is 14.2 Å². The summed E-state index contributed by atoms with van der Waals surface area (Å²) in [5, 5.41) is 0. The summed E-state index contributed by atoms with van der Waals surface area (Å²) in [6.07, 6.45) is 0.111. The highest BCUT2D eigenvalue weighted by Crippen LogP contribution is 2.15. The van der Waals surface area contributed by atoms with Gasteiger partial charge in [-0.3, -0.25) is 4.79 Å². The molecule has 0 saturated carbocycles. The minimum absolute atomic E-state index is 0.0469. The Morgan fingerprint density at radius 3 is 2.93 bits per heavy atom. The maximum Gasteiger partial charge on any atom is 0.227 e. The third-order valence-electron chi connectivity index (χ3n) is 4.50. The first-order chi connectivity index (χ1) is 13.2. The van der Waals surface area contributed by atoms with Gasteiger partial charge in [0.05, 0.1) is 39.5 Å². The number of hydrogen-bond donors (Lipinski definition) is 0. The monoisotopic (exact) mass is 373 g/mol. The molecule has 5 nitrogen and oxygen atoms in total. The number of morpholine rings is 1. The maximum atomic E-state index is 13.6. The van der Waals surface area contributed by atoms with E-state index in [1.54, 1.807) is 30.2 Å². The largest absolute Gasteiger partial charge is 0.497 e. The smallest absolute Gasteiger partial charge is 0.227 e. The van der Waals surface area contributed by atoms with E-state index < -0.39 is 0 Å². The Hall–Kier alpha value is -2.44. The van der Waals surface area contributed by atoms with Gasteiger partial charge in [-0.05, 0) is 23.8 Å². The van der Waals surface area contributed by atoms with Crippen LogP contribution in [0.4, 0.5) is 4.39 Å². The van der Waals surface area contributed by atoms with E-state index in [-0.39, 0.29) is 24.4 Å². The lowest BCUT2D eigenvalue weighted by Gasteiger charge is -2.33. The predicted molar refractivity (Wildman–Crippen MR) is 99.1 cm³/mol. The average molecular weight is 373 g/mol. The number of carbonyl (C=O) groups is 1. The first-order valence-electron chi connectivity index (χ1n) is 8.99. The van der Waals surface area contributed by atoms with Crippen LogP contribution in [0.5, 0.6) is 5.75 Å². The molecule has 1 saturated heterocycles. The Morgan fingerprint density at radius 2 is 2.11 bits per heavy atom. The summed E-state index contributed by atoms with van der Waals surface area (Å²) in [5.74, 6) is 0.504. The van der Waals surface area contributed by atoms with E-state index in [2.05, 4.69) is 0 Å². The molecule has 1 aliphatic rings. The van der Waals surface area contributed by atoms with Gasteiger partial charge in [-0.15, -0.1) is 0 Å². The van der Waals surface area contributed by atoms with Crippen LogP contribution in [0.2, 0.25) is 0 Å². The second-order valence-electron chi connectivity index (χ2n) is 6.47. The Balaban J connectivity index is 1.48. The number of rotatable bonds is 7. The lowest BCUT2D eigenvalue weighted by Crippen LogP contribution is -2.47. The molecule has 27 heavy (non-hydrogen) atoms. The van der Waals surface area contributed by atoms with Gasteiger partial charge in [-0.2, -0.15) is 0 Å². The molecule has 2 aromatic carbocycles. The molecule has 1 unspecified atom stereocenters. The molecule has 144 valence electrons. The summed E-state index contributed by atoms with van der Waals surface area (Å²) in [5.41, 5.74) is 1.43. The molecule has 0 bridgehead atoms. The Bertz CT molecular complexity index is 767. The number of halogens is 1. The number of ether oxygens (including phenoxy) is 3. The fourth-order valence-corrected chi connectivity index (χ4v) is 3.03. The molecule has 6 heteroatoms. The van der Waals surface area contributed by atoms with Crippen LogP contribution in [-0.4, -0.2) is 50.3 Å². The summed E-state index contributed by atoms with van der Waals surface area (Å²) in [4.78, 5) is 14.4. The number of hydrogen-bond acceptors (Lipinski definition) is 4. The average Bonchev–Trinajstić information content (AvgIpc) is 2.70. The minimum atomic E-state index is -0.280. The third kappa shape index (κ3) is 5.52. The molecule has 1 atom stereocenters. The van der Waals surface area contributed by atoms with E-state index >= 15 is 0 Å². The predicted octanol–water partition coefficient (Wildman–Crippen LogP) is 2.82. The van der Waals surface area contributed by atoms with Gasteiger partial charge >= 0.3 is 0 Å². The second-order valence-corrected chi connectivity index (χ2v) is 6.47. The fourth-order valence-electron chi connectivity index (χ4n) is 3.03. The van der Waals surface area contributed by atoms with Crippen molar-refractivity contribution in [2.45, 2.75) is 19.1 Å². The van der Waals surface area contributed by atoms with Crippen LogP contribution in [0.1, 0.15) is 11.1 Å².